The maximum Gasteiger partial charge on any atom is 0.153 e. The number of aromatic nitrogens is 1. The van der Waals surface area contributed by atoms with Gasteiger partial charge >= 0.3 is 0 Å². The van der Waals surface area contributed by atoms with E-state index in [0.717, 1.165) is 11.7 Å². The third-order valence-corrected chi connectivity index (χ3v) is 2.54. The number of nitrogens with zero attached hydrogens (tertiary/aromatic N) is 1. The van der Waals surface area contributed by atoms with Crippen LogP contribution in [0.4, 0.5) is 0 Å². The number of hydrogen-bond acceptors (Lipinski definition) is 4. The molecule has 2 rings (SSSR count). The number of rotatable bonds is 4. The van der Waals surface area contributed by atoms with Crippen molar-refractivity contribution in [2.45, 2.75) is 20.0 Å². The number of fused-ring (bicyclic) bond motifs is 1. The van der Waals surface area contributed by atoms with Crippen LogP contribution in [0.1, 0.15) is 24.2 Å². The molecule has 0 atom stereocenters. The normalized spacial score (nSPS) is 10.7. The van der Waals surface area contributed by atoms with E-state index in [-0.39, 0.29) is 6.10 Å². The molecule has 0 bridgehead atoms. The first kappa shape index (κ1) is 12.4. The van der Waals surface area contributed by atoms with E-state index in [1.165, 1.54) is 0 Å². The lowest BCUT2D eigenvalue weighted by molar-refractivity contribution is 0.111. The second kappa shape index (κ2) is 5.04. The molecule has 2 aromatic rings. The fraction of sp³-hybridized carbons (Fsp3) is 0.286. The van der Waals surface area contributed by atoms with E-state index in [4.69, 9.17) is 9.47 Å². The highest BCUT2D eigenvalue weighted by molar-refractivity contribution is 5.93. The zero-order chi connectivity index (χ0) is 13.1. The second-order valence-electron chi connectivity index (χ2n) is 4.20. The Balaban J connectivity index is 2.65. The lowest BCUT2D eigenvalue weighted by atomic mass is 10.1. The number of carbonyl (C=O) groups excluding carboxylic acids is 1. The highest BCUT2D eigenvalue weighted by atomic mass is 16.5. The molecule has 0 aliphatic rings. The number of aldehydes is 1. The van der Waals surface area contributed by atoms with Gasteiger partial charge in [0.1, 0.15) is 11.5 Å². The standard InChI is InChI=1S/C14H15NO3/c1-9(2)18-14-7-11-12(6-10(14)8-16)15-5-4-13(11)17-3/h4-9H,1-3H3. The minimum atomic E-state index is 0.00353. The van der Waals surface area contributed by atoms with Gasteiger partial charge in [0.05, 0.1) is 24.3 Å². The molecule has 0 aliphatic heterocycles. The van der Waals surface area contributed by atoms with Crippen LogP contribution in [0.3, 0.4) is 0 Å². The predicted octanol–water partition coefficient (Wildman–Crippen LogP) is 2.84. The molecule has 0 fully saturated rings. The van der Waals surface area contributed by atoms with E-state index in [1.807, 2.05) is 13.8 Å². The van der Waals surface area contributed by atoms with Crippen molar-refractivity contribution < 1.29 is 14.3 Å². The molecule has 18 heavy (non-hydrogen) atoms. The van der Waals surface area contributed by atoms with Gasteiger partial charge in [0.15, 0.2) is 6.29 Å². The number of pyridine rings is 1. The molecule has 0 unspecified atom stereocenters. The van der Waals surface area contributed by atoms with Crippen LogP contribution in [-0.4, -0.2) is 24.5 Å². The number of hydrogen-bond donors (Lipinski definition) is 0. The van der Waals surface area contributed by atoms with E-state index in [0.29, 0.717) is 22.6 Å². The van der Waals surface area contributed by atoms with Gasteiger partial charge in [-0.3, -0.25) is 9.78 Å². The van der Waals surface area contributed by atoms with Crippen LogP contribution in [0.25, 0.3) is 10.9 Å². The molecule has 0 radical (unpaired) electrons. The Morgan fingerprint density at radius 2 is 2.06 bits per heavy atom. The highest BCUT2D eigenvalue weighted by Crippen LogP contribution is 2.30. The minimum Gasteiger partial charge on any atom is -0.496 e. The zero-order valence-corrected chi connectivity index (χ0v) is 10.6. The van der Waals surface area contributed by atoms with Crippen LogP contribution in [0.5, 0.6) is 11.5 Å². The van der Waals surface area contributed by atoms with Crippen LogP contribution in [0.2, 0.25) is 0 Å². The summed E-state index contributed by atoms with van der Waals surface area (Å²) in [5.74, 6) is 1.27. The van der Waals surface area contributed by atoms with Gasteiger partial charge in [0.25, 0.3) is 0 Å². The topological polar surface area (TPSA) is 48.4 Å². The summed E-state index contributed by atoms with van der Waals surface area (Å²) in [6, 6.07) is 5.29. The first-order chi connectivity index (χ1) is 8.65. The van der Waals surface area contributed by atoms with Crippen LogP contribution < -0.4 is 9.47 Å². The molecule has 1 aromatic heterocycles. The van der Waals surface area contributed by atoms with Crippen LogP contribution in [-0.2, 0) is 0 Å². The second-order valence-corrected chi connectivity index (χ2v) is 4.20. The summed E-state index contributed by atoms with van der Waals surface area (Å²) in [6.07, 6.45) is 2.43. The van der Waals surface area contributed by atoms with Gasteiger partial charge in [-0.2, -0.15) is 0 Å². The van der Waals surface area contributed by atoms with Crippen LogP contribution in [0.15, 0.2) is 24.4 Å². The van der Waals surface area contributed by atoms with Crippen molar-refractivity contribution in [3.05, 3.63) is 30.0 Å². The smallest absolute Gasteiger partial charge is 0.153 e. The largest absolute Gasteiger partial charge is 0.496 e. The van der Waals surface area contributed by atoms with Crippen molar-refractivity contribution in [3.8, 4) is 11.5 Å². The molecule has 0 aliphatic carbocycles. The third-order valence-electron chi connectivity index (χ3n) is 2.54. The van der Waals surface area contributed by atoms with Crippen molar-refractivity contribution in [2.75, 3.05) is 7.11 Å². The Morgan fingerprint density at radius 1 is 1.28 bits per heavy atom. The quantitative estimate of drug-likeness (QED) is 0.777. The molecular formula is C14H15NO3. The van der Waals surface area contributed by atoms with Crippen LogP contribution in [0, 0.1) is 0 Å². The zero-order valence-electron chi connectivity index (χ0n) is 10.6. The first-order valence-corrected chi connectivity index (χ1v) is 5.74. The third kappa shape index (κ3) is 2.27. The van der Waals surface area contributed by atoms with E-state index < -0.39 is 0 Å². The SMILES string of the molecule is COc1ccnc2cc(C=O)c(OC(C)C)cc12. The Labute approximate surface area is 106 Å². The maximum atomic E-state index is 11.1. The summed E-state index contributed by atoms with van der Waals surface area (Å²) >= 11 is 0. The molecule has 1 aromatic carbocycles. The highest BCUT2D eigenvalue weighted by Gasteiger charge is 2.10. The molecule has 94 valence electrons. The molecule has 1 heterocycles. The van der Waals surface area contributed by atoms with Gasteiger partial charge < -0.3 is 9.47 Å². The van der Waals surface area contributed by atoms with Crippen molar-refractivity contribution in [1.82, 2.24) is 4.98 Å². The molecular weight excluding hydrogens is 230 g/mol. The van der Waals surface area contributed by atoms with Crippen molar-refractivity contribution in [2.24, 2.45) is 0 Å². The van der Waals surface area contributed by atoms with Gasteiger partial charge in [0.2, 0.25) is 0 Å². The Morgan fingerprint density at radius 3 is 2.67 bits per heavy atom. The summed E-state index contributed by atoms with van der Waals surface area (Å²) < 4.78 is 10.9. The molecule has 4 heteroatoms. The van der Waals surface area contributed by atoms with Crippen LogP contribution >= 0.6 is 0 Å². The average Bonchev–Trinajstić information content (AvgIpc) is 2.36. The number of benzene rings is 1. The molecule has 0 saturated heterocycles. The van der Waals surface area contributed by atoms with Crippen molar-refractivity contribution in [1.29, 1.82) is 0 Å². The summed E-state index contributed by atoms with van der Waals surface area (Å²) in [4.78, 5) is 15.3. The Kier molecular flexibility index (Phi) is 3.46. The summed E-state index contributed by atoms with van der Waals surface area (Å²) in [7, 11) is 1.60. The number of ether oxygens (including phenoxy) is 2. The fourth-order valence-corrected chi connectivity index (χ4v) is 1.79. The van der Waals surface area contributed by atoms with Gasteiger partial charge in [-0.1, -0.05) is 0 Å². The lowest BCUT2D eigenvalue weighted by Gasteiger charge is -2.13. The number of methoxy groups -OCH3 is 1. The molecule has 0 N–H and O–H groups in total. The minimum absolute atomic E-state index is 0.00353. The summed E-state index contributed by atoms with van der Waals surface area (Å²) in [5.41, 5.74) is 1.21. The van der Waals surface area contributed by atoms with E-state index >= 15 is 0 Å². The van der Waals surface area contributed by atoms with E-state index in [9.17, 15) is 4.79 Å². The monoisotopic (exact) mass is 245 g/mol. The average molecular weight is 245 g/mol. The van der Waals surface area contributed by atoms with E-state index in [1.54, 1.807) is 31.5 Å². The predicted molar refractivity (Wildman–Crippen MR) is 69.4 cm³/mol. The van der Waals surface area contributed by atoms with Gasteiger partial charge in [0, 0.05) is 11.6 Å². The molecule has 0 spiro atoms. The van der Waals surface area contributed by atoms with Crippen molar-refractivity contribution in [3.63, 3.8) is 0 Å². The van der Waals surface area contributed by atoms with E-state index in [2.05, 4.69) is 4.98 Å². The van der Waals surface area contributed by atoms with Crippen molar-refractivity contribution >= 4 is 17.2 Å². The summed E-state index contributed by atoms with van der Waals surface area (Å²) in [5, 5.41) is 0.834. The Hall–Kier alpha value is -2.10. The van der Waals surface area contributed by atoms with Gasteiger partial charge in [-0.25, -0.2) is 0 Å². The molecule has 0 saturated carbocycles. The fourth-order valence-electron chi connectivity index (χ4n) is 1.79. The lowest BCUT2D eigenvalue weighted by Crippen LogP contribution is -2.07. The molecule has 0 amide bonds. The van der Waals surface area contributed by atoms with Gasteiger partial charge in [-0.15, -0.1) is 0 Å². The summed E-state index contributed by atoms with van der Waals surface area (Å²) in [6.45, 7) is 3.83. The number of carbonyl (C=O) groups is 1. The first-order valence-electron chi connectivity index (χ1n) is 5.74. The maximum absolute atomic E-state index is 11.1. The molecule has 4 nitrogen and oxygen atoms in total. The Bertz CT molecular complexity index is 579. The van der Waals surface area contributed by atoms with Gasteiger partial charge in [-0.05, 0) is 32.0 Å².